The number of hydrogen-bond acceptors (Lipinski definition) is 3. The first-order valence-electron chi connectivity index (χ1n) is 2.23. The maximum absolute atomic E-state index is 10.2. The minimum Gasteiger partial charge on any atom is -0.469 e. The van der Waals surface area contributed by atoms with Gasteiger partial charge in [-0.25, -0.2) is 0 Å². The van der Waals surface area contributed by atoms with Crippen LogP contribution in [0.5, 0.6) is 0 Å². The van der Waals surface area contributed by atoms with Gasteiger partial charge in [0.1, 0.15) is 12.2 Å². The maximum atomic E-state index is 10.2. The van der Waals surface area contributed by atoms with E-state index >= 15 is 0 Å². The molecular weight excluding hydrogens is 214 g/mol. The summed E-state index contributed by atoms with van der Waals surface area (Å²) in [6.07, 6.45) is -0.115. The van der Waals surface area contributed by atoms with E-state index < -0.39 is 5.97 Å². The van der Waals surface area contributed by atoms with Crippen LogP contribution in [0, 0.1) is 0 Å². The number of carbonyl (C=O) groups is 2. The molecule has 0 aliphatic rings. The molecule has 4 heteroatoms. The van der Waals surface area contributed by atoms with Gasteiger partial charge in [-0.15, -0.1) is 0 Å². The molecule has 0 heterocycles. The average molecular weight is 223 g/mol. The van der Waals surface area contributed by atoms with Crippen molar-refractivity contribution >= 4 is 11.8 Å². The Labute approximate surface area is 67.4 Å². The van der Waals surface area contributed by atoms with Crippen molar-refractivity contribution in [2.45, 2.75) is 13.3 Å². The number of ketones is 1. The first-order valence-corrected chi connectivity index (χ1v) is 2.23. The van der Waals surface area contributed by atoms with E-state index in [2.05, 4.69) is 4.74 Å². The number of rotatable bonds is 2. The summed E-state index contributed by atoms with van der Waals surface area (Å²) >= 11 is 0. The maximum Gasteiger partial charge on any atom is 2.00 e. The molecule has 0 aliphatic heterocycles. The number of Topliss-reactive ketones (excluding diaryl/α,β-unsaturated/α-hetero) is 1. The zero-order valence-electron chi connectivity index (χ0n) is 5.25. The molecule has 0 saturated carbocycles. The van der Waals surface area contributed by atoms with E-state index in [0.717, 1.165) is 0 Å². The summed E-state index contributed by atoms with van der Waals surface area (Å²) in [5, 5.41) is 0. The zero-order chi connectivity index (χ0) is 6.57. The van der Waals surface area contributed by atoms with Gasteiger partial charge in [0.15, 0.2) is 0 Å². The second kappa shape index (κ2) is 5.93. The molecule has 0 N–H and O–H groups in total. The molecule has 0 saturated heterocycles. The number of hydrogen-bond donors (Lipinski definition) is 0. The summed E-state index contributed by atoms with van der Waals surface area (Å²) < 4.78 is 4.20. The second-order valence-electron chi connectivity index (χ2n) is 1.45. The Morgan fingerprint density at radius 1 is 1.44 bits per heavy atom. The van der Waals surface area contributed by atoms with E-state index in [4.69, 9.17) is 0 Å². The molecule has 9 heavy (non-hydrogen) atoms. The Morgan fingerprint density at radius 2 is 1.89 bits per heavy atom. The zero-order valence-corrected chi connectivity index (χ0v) is 6.80. The molecule has 3 nitrogen and oxygen atoms in total. The quantitative estimate of drug-likeness (QED) is 0.379. The molecule has 0 aliphatic carbocycles. The second-order valence-corrected chi connectivity index (χ2v) is 1.45. The molecule has 0 unspecified atom stereocenters. The van der Waals surface area contributed by atoms with Gasteiger partial charge >= 0.3 is 26.4 Å². The standard InChI is InChI=1S/C5H8O3.Pd/c1-4(6)3-5(7)8-2;/h3H2,1-2H3;/q;+2. The Morgan fingerprint density at radius 3 is 2.00 bits per heavy atom. The van der Waals surface area contributed by atoms with Gasteiger partial charge in [0.25, 0.3) is 0 Å². The van der Waals surface area contributed by atoms with Crippen LogP contribution in [0.25, 0.3) is 0 Å². The summed E-state index contributed by atoms with van der Waals surface area (Å²) in [6.45, 7) is 1.34. The molecule has 0 atom stereocenters. The van der Waals surface area contributed by atoms with Crippen molar-refractivity contribution in [3.05, 3.63) is 0 Å². The SMILES string of the molecule is COC(=O)CC(C)=O.[Pd+2]. The smallest absolute Gasteiger partial charge is 0.469 e. The van der Waals surface area contributed by atoms with Crippen LogP contribution in [-0.2, 0) is 34.7 Å². The largest absolute Gasteiger partial charge is 2.00 e. The van der Waals surface area contributed by atoms with Gasteiger partial charge in [-0.05, 0) is 6.92 Å². The topological polar surface area (TPSA) is 43.4 Å². The summed E-state index contributed by atoms with van der Waals surface area (Å²) in [5.41, 5.74) is 0. The molecule has 0 rings (SSSR count). The molecule has 0 bridgehead atoms. The molecule has 0 aromatic carbocycles. The fraction of sp³-hybridized carbons (Fsp3) is 0.600. The summed E-state index contributed by atoms with van der Waals surface area (Å²) in [7, 11) is 1.26. The van der Waals surface area contributed by atoms with Gasteiger partial charge in [0, 0.05) is 0 Å². The Bertz CT molecular complexity index is 111. The molecule has 0 aromatic rings. The molecule has 0 radical (unpaired) electrons. The Hall–Kier alpha value is -0.198. The van der Waals surface area contributed by atoms with Crippen LogP contribution < -0.4 is 0 Å². The number of methoxy groups -OCH3 is 1. The van der Waals surface area contributed by atoms with Crippen molar-refractivity contribution in [2.75, 3.05) is 7.11 Å². The number of ether oxygens (including phenoxy) is 1. The van der Waals surface area contributed by atoms with E-state index in [1.807, 2.05) is 0 Å². The van der Waals surface area contributed by atoms with E-state index in [-0.39, 0.29) is 32.6 Å². The van der Waals surface area contributed by atoms with Gasteiger partial charge in [-0.2, -0.15) is 0 Å². The molecule has 54 valence electrons. The molecule has 0 spiro atoms. The Kier molecular flexibility index (Phi) is 7.63. The van der Waals surface area contributed by atoms with Gasteiger partial charge in [0.2, 0.25) is 0 Å². The van der Waals surface area contributed by atoms with E-state index in [1.165, 1.54) is 14.0 Å². The van der Waals surface area contributed by atoms with Gasteiger partial charge in [0.05, 0.1) is 7.11 Å². The summed E-state index contributed by atoms with van der Waals surface area (Å²) in [6, 6.07) is 0. The van der Waals surface area contributed by atoms with Crippen molar-refractivity contribution in [1.82, 2.24) is 0 Å². The first kappa shape index (κ1) is 11.6. The van der Waals surface area contributed by atoms with Crippen LogP contribution >= 0.6 is 0 Å². The van der Waals surface area contributed by atoms with Crippen molar-refractivity contribution in [3.63, 3.8) is 0 Å². The van der Waals surface area contributed by atoms with Gasteiger partial charge < -0.3 is 4.74 Å². The molecular formula is C5H8O3Pd+2. The van der Waals surface area contributed by atoms with Gasteiger partial charge in [-0.3, -0.25) is 9.59 Å². The predicted octanol–water partition coefficient (Wildman–Crippen LogP) is 0.136. The Balaban J connectivity index is 0. The van der Waals surface area contributed by atoms with E-state index in [0.29, 0.717) is 0 Å². The van der Waals surface area contributed by atoms with Crippen LogP contribution in [0.3, 0.4) is 0 Å². The van der Waals surface area contributed by atoms with E-state index in [1.54, 1.807) is 0 Å². The van der Waals surface area contributed by atoms with Crippen LogP contribution in [0.4, 0.5) is 0 Å². The number of esters is 1. The third-order valence-corrected chi connectivity index (χ3v) is 0.621. The minimum absolute atomic E-state index is 0. The van der Waals surface area contributed by atoms with Crippen molar-refractivity contribution < 1.29 is 34.7 Å². The van der Waals surface area contributed by atoms with Crippen LogP contribution in [-0.4, -0.2) is 18.9 Å². The van der Waals surface area contributed by atoms with E-state index in [9.17, 15) is 9.59 Å². The van der Waals surface area contributed by atoms with Crippen molar-refractivity contribution in [1.29, 1.82) is 0 Å². The van der Waals surface area contributed by atoms with Crippen LogP contribution in [0.1, 0.15) is 13.3 Å². The van der Waals surface area contributed by atoms with Gasteiger partial charge in [-0.1, -0.05) is 0 Å². The minimum atomic E-state index is -0.475. The fourth-order valence-corrected chi connectivity index (χ4v) is 0.275. The average Bonchev–Trinajstić information content (AvgIpc) is 1.65. The third-order valence-electron chi connectivity index (χ3n) is 0.621. The summed E-state index contributed by atoms with van der Waals surface area (Å²) in [5.74, 6) is -0.644. The normalized spacial score (nSPS) is 7.33. The first-order chi connectivity index (χ1) is 3.66. The monoisotopic (exact) mass is 222 g/mol. The van der Waals surface area contributed by atoms with Crippen LogP contribution in [0.2, 0.25) is 0 Å². The molecule has 0 aromatic heterocycles. The van der Waals surface area contributed by atoms with Crippen molar-refractivity contribution in [3.8, 4) is 0 Å². The van der Waals surface area contributed by atoms with Crippen molar-refractivity contribution in [2.24, 2.45) is 0 Å². The summed E-state index contributed by atoms with van der Waals surface area (Å²) in [4.78, 5) is 20.3. The van der Waals surface area contributed by atoms with Crippen LogP contribution in [0.15, 0.2) is 0 Å². The molecule has 0 fully saturated rings. The molecule has 0 amide bonds. The fourth-order valence-electron chi connectivity index (χ4n) is 0.275. The number of carbonyl (C=O) groups excluding carboxylic acids is 2. The predicted molar refractivity (Wildman–Crippen MR) is 27.3 cm³/mol. The third kappa shape index (κ3) is 7.80.